The number of rotatable bonds is 5. The van der Waals surface area contributed by atoms with Crippen molar-refractivity contribution in [2.75, 3.05) is 13.2 Å². The summed E-state index contributed by atoms with van der Waals surface area (Å²) in [5, 5.41) is 45.7. The van der Waals surface area contributed by atoms with Crippen molar-refractivity contribution in [3.8, 4) is 0 Å². The fourth-order valence-electron chi connectivity index (χ4n) is 1.47. The van der Waals surface area contributed by atoms with Crippen molar-refractivity contribution in [2.45, 2.75) is 36.7 Å². The van der Waals surface area contributed by atoms with Crippen LogP contribution >= 0.6 is 0 Å². The van der Waals surface area contributed by atoms with Crippen molar-refractivity contribution in [1.82, 2.24) is 0 Å². The van der Waals surface area contributed by atoms with E-state index < -0.39 is 55.9 Å². The fourth-order valence-corrected chi connectivity index (χ4v) is 1.47. The molecule has 1 fully saturated rings. The third-order valence-electron chi connectivity index (χ3n) is 2.57. The van der Waals surface area contributed by atoms with Gasteiger partial charge in [0.15, 0.2) is 6.29 Å². The van der Waals surface area contributed by atoms with Gasteiger partial charge in [-0.1, -0.05) is 0 Å². The molecule has 20 heavy (non-hydrogen) atoms. The molecule has 6 unspecified atom stereocenters. The van der Waals surface area contributed by atoms with E-state index in [2.05, 4.69) is 0 Å². The summed E-state index contributed by atoms with van der Waals surface area (Å²) in [6, 6.07) is -1.56. The Kier molecular flexibility index (Phi) is 12.2. The second-order valence-electron chi connectivity index (χ2n) is 3.92. The van der Waals surface area contributed by atoms with Crippen molar-refractivity contribution in [2.24, 2.45) is 0 Å². The van der Waals surface area contributed by atoms with E-state index in [1.54, 1.807) is 0 Å². The second-order valence-corrected chi connectivity index (χ2v) is 3.92. The molecule has 6 N–H and O–H groups in total. The van der Waals surface area contributed by atoms with Crippen molar-refractivity contribution in [1.29, 1.82) is 0 Å². The molecule has 0 amide bonds. The van der Waals surface area contributed by atoms with E-state index in [9.17, 15) is 20.1 Å². The minimum Gasteiger partial charge on any atom is -0.663 e. The molecule has 114 valence electrons. The zero-order chi connectivity index (χ0) is 13.9. The zero-order valence-corrected chi connectivity index (χ0v) is 14.5. The fraction of sp³-hybridized carbons (Fsp3) is 0.800. The number of aliphatic hydroxyl groups excluding tert-OH is 4. The number of carbonyl (C=O) groups is 1. The summed E-state index contributed by atoms with van der Waals surface area (Å²) in [7, 11) is 0. The largest absolute Gasteiger partial charge is 1.00 e. The quantitative estimate of drug-likeness (QED) is 0.248. The van der Waals surface area contributed by atoms with Crippen LogP contribution in [0.4, 0.5) is 0 Å². The Morgan fingerprint density at radius 2 is 1.80 bits per heavy atom. The van der Waals surface area contributed by atoms with Crippen LogP contribution < -0.4 is 51.4 Å². The number of carboxylic acids is 1. The van der Waals surface area contributed by atoms with E-state index in [0.29, 0.717) is 0 Å². The molecule has 0 bridgehead atoms. The molecule has 0 spiro atoms. The molecule has 0 radical (unpaired) electrons. The first-order chi connectivity index (χ1) is 8.38. The molecule has 1 aliphatic rings. The number of hydrogen-bond acceptors (Lipinski definition) is 7. The zero-order valence-electron chi connectivity index (χ0n) is 11.3. The van der Waals surface area contributed by atoms with Crippen LogP contribution in [0.1, 0.15) is 0 Å². The van der Waals surface area contributed by atoms with Gasteiger partial charge in [-0.05, 0) is 6.04 Å². The van der Waals surface area contributed by atoms with Crippen LogP contribution in [0.3, 0.4) is 0 Å². The molecule has 0 aliphatic carbocycles. The molecular weight excluding hydrogens is 301 g/mol. The van der Waals surface area contributed by atoms with Crippen LogP contribution in [0.2, 0.25) is 0 Å². The van der Waals surface area contributed by atoms with Crippen LogP contribution in [0.25, 0.3) is 5.73 Å². The Morgan fingerprint density at radius 1 is 1.25 bits per heavy atom. The molecule has 0 saturated carbocycles. The monoisotopic (exact) mass is 320 g/mol. The van der Waals surface area contributed by atoms with Gasteiger partial charge in [-0.15, -0.1) is 0 Å². The van der Waals surface area contributed by atoms with Gasteiger partial charge in [0.05, 0.1) is 6.61 Å². The van der Waals surface area contributed by atoms with Crippen molar-refractivity contribution < 1.29 is 91.2 Å². The maximum absolute atomic E-state index is 10.4. The van der Waals surface area contributed by atoms with Crippen LogP contribution in [-0.4, -0.2) is 81.5 Å². The third kappa shape index (κ3) is 5.91. The topological polar surface area (TPSA) is 160 Å². The first kappa shape index (κ1) is 23.1. The SMILES string of the molecule is [CH3-].[K+].[NH-]C(COC1OC(CO)C(O)C(O)C1O)C(=O)O. The first-order valence-corrected chi connectivity index (χ1v) is 5.24. The van der Waals surface area contributed by atoms with Gasteiger partial charge in [-0.2, -0.15) is 0 Å². The Morgan fingerprint density at radius 3 is 2.25 bits per heavy atom. The van der Waals surface area contributed by atoms with Gasteiger partial charge in [0.1, 0.15) is 24.4 Å². The Balaban J connectivity index is 0. The first-order valence-electron chi connectivity index (χ1n) is 5.24. The summed E-state index contributed by atoms with van der Waals surface area (Å²) in [5.74, 6) is -1.40. The molecule has 1 heterocycles. The number of aliphatic carboxylic acids is 1. The van der Waals surface area contributed by atoms with Crippen LogP contribution in [0.5, 0.6) is 0 Å². The van der Waals surface area contributed by atoms with E-state index in [4.69, 9.17) is 25.4 Å². The molecule has 10 heteroatoms. The molecule has 6 atom stereocenters. The average molecular weight is 320 g/mol. The van der Waals surface area contributed by atoms with Crippen LogP contribution in [0, 0.1) is 7.43 Å². The normalized spacial score (nSPS) is 34.5. The smallest absolute Gasteiger partial charge is 0.663 e. The Hall–Kier alpha value is 0.826. The molecule has 0 aromatic heterocycles. The van der Waals surface area contributed by atoms with Gasteiger partial charge in [-0.25, -0.2) is 0 Å². The second kappa shape index (κ2) is 10.5. The van der Waals surface area contributed by atoms with Gasteiger partial charge in [0.25, 0.3) is 5.97 Å². The summed E-state index contributed by atoms with van der Waals surface area (Å²) in [6.45, 7) is -1.16. The van der Waals surface area contributed by atoms with Gasteiger partial charge < -0.3 is 48.2 Å². The van der Waals surface area contributed by atoms with E-state index in [1.165, 1.54) is 0 Å². The number of carboxylic acid groups (broad SMARTS) is 1. The molecule has 1 rings (SSSR count). The Bertz CT molecular complexity index is 292. The number of ether oxygens (including phenoxy) is 2. The van der Waals surface area contributed by atoms with Crippen molar-refractivity contribution >= 4 is 5.97 Å². The minimum atomic E-state index is -1.59. The number of aliphatic hydroxyl groups is 4. The maximum Gasteiger partial charge on any atom is 1.00 e. The number of nitrogens with one attached hydrogen (secondary N) is 1. The maximum atomic E-state index is 10.4. The summed E-state index contributed by atoms with van der Waals surface area (Å²) in [5.41, 5.74) is 7.07. The minimum absolute atomic E-state index is 0. The Labute approximate surface area is 159 Å². The van der Waals surface area contributed by atoms with E-state index in [0.717, 1.165) is 0 Å². The third-order valence-corrected chi connectivity index (χ3v) is 2.57. The molecule has 1 saturated heterocycles. The molecular formula is C10H19KNO8-. The summed E-state index contributed by atoms with van der Waals surface area (Å²) < 4.78 is 9.80. The van der Waals surface area contributed by atoms with Crippen molar-refractivity contribution in [3.63, 3.8) is 0 Å². The van der Waals surface area contributed by atoms with Gasteiger partial charge in [0, 0.05) is 6.61 Å². The van der Waals surface area contributed by atoms with Crippen molar-refractivity contribution in [3.05, 3.63) is 13.2 Å². The molecule has 0 aromatic rings. The van der Waals surface area contributed by atoms with Crippen LogP contribution in [0.15, 0.2) is 0 Å². The molecule has 0 aromatic carbocycles. The van der Waals surface area contributed by atoms with Gasteiger partial charge >= 0.3 is 51.4 Å². The van der Waals surface area contributed by atoms with E-state index in [1.807, 2.05) is 0 Å². The summed E-state index contributed by atoms with van der Waals surface area (Å²) >= 11 is 0. The predicted molar refractivity (Wildman–Crippen MR) is 61.9 cm³/mol. The predicted octanol–water partition coefficient (Wildman–Crippen LogP) is -5.24. The van der Waals surface area contributed by atoms with Crippen LogP contribution in [-0.2, 0) is 14.3 Å². The van der Waals surface area contributed by atoms with Gasteiger partial charge in [0.2, 0.25) is 0 Å². The van der Waals surface area contributed by atoms with Gasteiger partial charge in [-0.3, -0.25) is 4.79 Å². The van der Waals surface area contributed by atoms with E-state index in [-0.39, 0.29) is 58.8 Å². The number of hydrogen-bond donors (Lipinski definition) is 5. The molecule has 1 aliphatic heterocycles. The summed E-state index contributed by atoms with van der Waals surface area (Å²) in [4.78, 5) is 10.4. The summed E-state index contributed by atoms with van der Waals surface area (Å²) in [6.07, 6.45) is -7.22. The average Bonchev–Trinajstić information content (AvgIpc) is 2.34. The standard InChI is InChI=1S/C9H16NO8.CH3.K/c10-3(8(15)16)2-17-9-7(14)6(13)5(12)4(1-11)18-9;;/h3-7,9-14H,1-2H2,(H,15,16);1H3;/q2*-1;+1. The molecule has 9 nitrogen and oxygen atoms in total. The van der Waals surface area contributed by atoms with E-state index >= 15 is 0 Å².